The van der Waals surface area contributed by atoms with Crippen molar-refractivity contribution in [1.29, 1.82) is 0 Å². The molecule has 14 heavy (non-hydrogen) atoms. The molecule has 0 spiro atoms. The fraction of sp³-hybridized carbons (Fsp3) is 0.200. The number of carbonyl (C=O) groups excluding carboxylic acids is 1. The summed E-state index contributed by atoms with van der Waals surface area (Å²) in [5, 5.41) is 3.17. The molecule has 0 aromatic carbocycles. The zero-order chi connectivity index (χ0) is 10.6. The first-order valence-electron chi connectivity index (χ1n) is 4.13. The average Bonchev–Trinajstić information content (AvgIpc) is 2.14. The van der Waals surface area contributed by atoms with E-state index in [1.54, 1.807) is 6.07 Å². The summed E-state index contributed by atoms with van der Waals surface area (Å²) in [6.07, 6.45) is 1.50. The fourth-order valence-corrected chi connectivity index (χ4v) is 1.01. The summed E-state index contributed by atoms with van der Waals surface area (Å²) in [6.45, 7) is 5.97. The van der Waals surface area contributed by atoms with Crippen molar-refractivity contribution in [1.82, 2.24) is 10.3 Å². The second kappa shape index (κ2) is 4.77. The Morgan fingerprint density at radius 3 is 3.00 bits per heavy atom. The summed E-state index contributed by atoms with van der Waals surface area (Å²) in [6, 6.07) is 3.15. The molecule has 1 amide bonds. The van der Waals surface area contributed by atoms with Crippen LogP contribution in [-0.2, 0) is 0 Å². The molecule has 1 heterocycles. The van der Waals surface area contributed by atoms with E-state index in [4.69, 9.17) is 11.6 Å². The molecule has 1 N–H and O–H groups in total. The van der Waals surface area contributed by atoms with Gasteiger partial charge >= 0.3 is 0 Å². The molecule has 0 saturated heterocycles. The van der Waals surface area contributed by atoms with Crippen LogP contribution in [-0.4, -0.2) is 17.4 Å². The van der Waals surface area contributed by atoms with Gasteiger partial charge in [0.1, 0.15) is 5.69 Å². The third-order valence-electron chi connectivity index (χ3n) is 1.51. The molecule has 0 aliphatic heterocycles. The fourth-order valence-electron chi connectivity index (χ4n) is 0.851. The number of pyridine rings is 1. The number of halogens is 1. The Labute approximate surface area is 87.8 Å². The third kappa shape index (κ3) is 3.18. The van der Waals surface area contributed by atoms with E-state index in [9.17, 15) is 4.79 Å². The lowest BCUT2D eigenvalue weighted by Gasteiger charge is -2.03. The number of carbonyl (C=O) groups is 1. The van der Waals surface area contributed by atoms with Gasteiger partial charge in [-0.15, -0.1) is 0 Å². The molecule has 74 valence electrons. The Morgan fingerprint density at radius 1 is 1.71 bits per heavy atom. The first kappa shape index (κ1) is 10.7. The number of rotatable bonds is 3. The zero-order valence-electron chi connectivity index (χ0n) is 7.88. The highest BCUT2D eigenvalue weighted by Gasteiger charge is 2.05. The monoisotopic (exact) mass is 210 g/mol. The van der Waals surface area contributed by atoms with Crippen LogP contribution in [0.5, 0.6) is 0 Å². The van der Waals surface area contributed by atoms with Gasteiger partial charge in [0, 0.05) is 17.8 Å². The summed E-state index contributed by atoms with van der Waals surface area (Å²) in [5.74, 6) is -0.240. The minimum absolute atomic E-state index is 0.240. The van der Waals surface area contributed by atoms with Crippen LogP contribution < -0.4 is 5.32 Å². The second-order valence-corrected chi connectivity index (χ2v) is 3.44. The molecule has 0 aliphatic rings. The first-order valence-corrected chi connectivity index (χ1v) is 4.51. The summed E-state index contributed by atoms with van der Waals surface area (Å²) in [5.41, 5.74) is 1.21. The quantitative estimate of drug-likeness (QED) is 0.776. The molecular formula is C10H11ClN2O. The molecular weight excluding hydrogens is 200 g/mol. The standard InChI is InChI=1S/C10H11ClN2O/c1-7(2)6-13-10(14)9-5-8(11)3-4-12-9/h3-5H,1,6H2,2H3,(H,13,14). The smallest absolute Gasteiger partial charge is 0.270 e. The summed E-state index contributed by atoms with van der Waals surface area (Å²) >= 11 is 5.71. The van der Waals surface area contributed by atoms with Gasteiger partial charge in [-0.2, -0.15) is 0 Å². The Hall–Kier alpha value is -1.35. The first-order chi connectivity index (χ1) is 6.59. The van der Waals surface area contributed by atoms with Crippen LogP contribution in [0.1, 0.15) is 17.4 Å². The predicted octanol–water partition coefficient (Wildman–Crippen LogP) is 2.04. The third-order valence-corrected chi connectivity index (χ3v) is 1.74. The van der Waals surface area contributed by atoms with E-state index < -0.39 is 0 Å². The largest absolute Gasteiger partial charge is 0.347 e. The number of hydrogen-bond acceptors (Lipinski definition) is 2. The Kier molecular flexibility index (Phi) is 3.65. The molecule has 0 bridgehead atoms. The Morgan fingerprint density at radius 2 is 2.43 bits per heavy atom. The molecule has 0 atom stereocenters. The van der Waals surface area contributed by atoms with Gasteiger partial charge in [-0.3, -0.25) is 9.78 Å². The molecule has 1 aromatic heterocycles. The highest BCUT2D eigenvalue weighted by molar-refractivity contribution is 6.30. The maximum Gasteiger partial charge on any atom is 0.270 e. The molecule has 4 heteroatoms. The van der Waals surface area contributed by atoms with E-state index in [2.05, 4.69) is 16.9 Å². The van der Waals surface area contributed by atoms with Crippen molar-refractivity contribution in [2.24, 2.45) is 0 Å². The van der Waals surface area contributed by atoms with Gasteiger partial charge in [-0.25, -0.2) is 0 Å². The van der Waals surface area contributed by atoms with E-state index >= 15 is 0 Å². The maximum absolute atomic E-state index is 11.4. The number of amides is 1. The highest BCUT2D eigenvalue weighted by Crippen LogP contribution is 2.07. The van der Waals surface area contributed by atoms with Gasteiger partial charge < -0.3 is 5.32 Å². The van der Waals surface area contributed by atoms with Crippen molar-refractivity contribution in [3.63, 3.8) is 0 Å². The van der Waals surface area contributed by atoms with Gasteiger partial charge in [0.2, 0.25) is 0 Å². The number of aromatic nitrogens is 1. The molecule has 0 fully saturated rings. The van der Waals surface area contributed by atoms with Crippen LogP contribution in [0.4, 0.5) is 0 Å². The highest BCUT2D eigenvalue weighted by atomic mass is 35.5. The summed E-state index contributed by atoms with van der Waals surface area (Å²) in [7, 11) is 0. The normalized spacial score (nSPS) is 9.57. The van der Waals surface area contributed by atoms with Crippen LogP contribution in [0.3, 0.4) is 0 Å². The minimum atomic E-state index is -0.240. The SMILES string of the molecule is C=C(C)CNC(=O)c1cc(Cl)ccn1. The van der Waals surface area contributed by atoms with Gasteiger partial charge in [0.05, 0.1) is 0 Å². The van der Waals surface area contributed by atoms with E-state index in [-0.39, 0.29) is 5.91 Å². The molecule has 1 rings (SSSR count). The average molecular weight is 211 g/mol. The van der Waals surface area contributed by atoms with Crippen molar-refractivity contribution in [3.05, 3.63) is 41.2 Å². The van der Waals surface area contributed by atoms with Gasteiger partial charge in [-0.1, -0.05) is 23.8 Å². The lowest BCUT2D eigenvalue weighted by Crippen LogP contribution is -2.25. The van der Waals surface area contributed by atoms with Gasteiger partial charge in [-0.05, 0) is 19.1 Å². The molecule has 3 nitrogen and oxygen atoms in total. The van der Waals surface area contributed by atoms with Crippen LogP contribution in [0.2, 0.25) is 5.02 Å². The van der Waals surface area contributed by atoms with Crippen molar-refractivity contribution in [2.45, 2.75) is 6.92 Å². The van der Waals surface area contributed by atoms with Crippen molar-refractivity contribution in [2.75, 3.05) is 6.54 Å². The van der Waals surface area contributed by atoms with E-state index in [0.29, 0.717) is 17.3 Å². The number of nitrogens with one attached hydrogen (secondary N) is 1. The molecule has 0 saturated carbocycles. The van der Waals surface area contributed by atoms with Crippen LogP contribution >= 0.6 is 11.6 Å². The lowest BCUT2D eigenvalue weighted by atomic mass is 10.3. The van der Waals surface area contributed by atoms with Crippen molar-refractivity contribution >= 4 is 17.5 Å². The van der Waals surface area contributed by atoms with Gasteiger partial charge in [0.15, 0.2) is 0 Å². The maximum atomic E-state index is 11.4. The number of nitrogens with zero attached hydrogens (tertiary/aromatic N) is 1. The molecule has 0 radical (unpaired) electrons. The molecule has 0 unspecified atom stereocenters. The summed E-state index contributed by atoms with van der Waals surface area (Å²) < 4.78 is 0. The lowest BCUT2D eigenvalue weighted by molar-refractivity contribution is 0.0952. The van der Waals surface area contributed by atoms with Crippen LogP contribution in [0.25, 0.3) is 0 Å². The topological polar surface area (TPSA) is 42.0 Å². The Balaban J connectivity index is 2.65. The minimum Gasteiger partial charge on any atom is -0.347 e. The van der Waals surface area contributed by atoms with Crippen LogP contribution in [0, 0.1) is 0 Å². The Bertz CT molecular complexity index is 363. The van der Waals surface area contributed by atoms with Crippen molar-refractivity contribution in [3.8, 4) is 0 Å². The molecule has 0 aliphatic carbocycles. The van der Waals surface area contributed by atoms with E-state index in [0.717, 1.165) is 5.57 Å². The zero-order valence-corrected chi connectivity index (χ0v) is 8.64. The van der Waals surface area contributed by atoms with Crippen molar-refractivity contribution < 1.29 is 4.79 Å². The van der Waals surface area contributed by atoms with Gasteiger partial charge in [0.25, 0.3) is 5.91 Å². The van der Waals surface area contributed by atoms with Crippen LogP contribution in [0.15, 0.2) is 30.5 Å². The second-order valence-electron chi connectivity index (χ2n) is 3.00. The number of hydrogen-bond donors (Lipinski definition) is 1. The van der Waals surface area contributed by atoms with E-state index in [1.807, 2.05) is 6.92 Å². The molecule has 1 aromatic rings. The summed E-state index contributed by atoms with van der Waals surface area (Å²) in [4.78, 5) is 15.3. The van der Waals surface area contributed by atoms with E-state index in [1.165, 1.54) is 12.3 Å². The predicted molar refractivity (Wildman–Crippen MR) is 56.4 cm³/mol.